The first kappa shape index (κ1) is 28.0. The second-order valence-corrected chi connectivity index (χ2v) is 12.2. The summed E-state index contributed by atoms with van der Waals surface area (Å²) in [7, 11) is -3.72. The van der Waals surface area contributed by atoms with Gasteiger partial charge in [-0.2, -0.15) is 13.2 Å². The first-order valence-corrected chi connectivity index (χ1v) is 14.6. The van der Waals surface area contributed by atoms with Crippen molar-refractivity contribution in [1.29, 1.82) is 0 Å². The summed E-state index contributed by atoms with van der Waals surface area (Å²) in [6.45, 7) is 1.45. The minimum absolute atomic E-state index is 0.106. The molecule has 3 unspecified atom stereocenters. The lowest BCUT2D eigenvalue weighted by Gasteiger charge is -2.34. The van der Waals surface area contributed by atoms with Gasteiger partial charge in [0, 0.05) is 5.70 Å². The number of allylic oxidation sites excluding steroid dienone is 1. The number of benzene rings is 2. The van der Waals surface area contributed by atoms with Crippen molar-refractivity contribution in [2.45, 2.75) is 68.6 Å². The molecular formula is C27H30F3N5O4S. The van der Waals surface area contributed by atoms with Crippen LogP contribution in [0.25, 0.3) is 0 Å². The van der Waals surface area contributed by atoms with Gasteiger partial charge >= 0.3 is 6.18 Å². The van der Waals surface area contributed by atoms with Gasteiger partial charge in [0.25, 0.3) is 11.8 Å². The Labute approximate surface area is 230 Å². The van der Waals surface area contributed by atoms with Gasteiger partial charge in [0.15, 0.2) is 0 Å². The van der Waals surface area contributed by atoms with Crippen molar-refractivity contribution in [2.24, 2.45) is 0 Å². The number of hydrazine groups is 1. The number of rotatable bonds is 6. The minimum Gasteiger partial charge on any atom is -0.366 e. The van der Waals surface area contributed by atoms with Crippen LogP contribution in [-0.2, 0) is 19.6 Å². The molecule has 9 nitrogen and oxygen atoms in total. The van der Waals surface area contributed by atoms with Gasteiger partial charge in [-0.25, -0.2) is 18.9 Å². The van der Waals surface area contributed by atoms with E-state index in [0.29, 0.717) is 18.4 Å². The van der Waals surface area contributed by atoms with E-state index in [1.807, 2.05) is 0 Å². The molecule has 5 rings (SSSR count). The van der Waals surface area contributed by atoms with Crippen LogP contribution in [0.1, 0.15) is 50.5 Å². The number of fused-ring (bicyclic) bond motifs is 1. The summed E-state index contributed by atoms with van der Waals surface area (Å²) in [5, 5.41) is 5.76. The van der Waals surface area contributed by atoms with Gasteiger partial charge < -0.3 is 10.6 Å². The summed E-state index contributed by atoms with van der Waals surface area (Å²) >= 11 is 0. The molecule has 2 amide bonds. The molecule has 0 aromatic heterocycles. The maximum absolute atomic E-state index is 14.0. The van der Waals surface area contributed by atoms with E-state index in [2.05, 4.69) is 20.8 Å². The van der Waals surface area contributed by atoms with Gasteiger partial charge in [0.05, 0.1) is 22.5 Å². The van der Waals surface area contributed by atoms with E-state index in [9.17, 15) is 31.2 Å². The highest BCUT2D eigenvalue weighted by Crippen LogP contribution is 2.41. The third kappa shape index (κ3) is 5.39. The predicted octanol–water partition coefficient (Wildman–Crippen LogP) is 3.96. The van der Waals surface area contributed by atoms with Gasteiger partial charge in [-0.1, -0.05) is 61.7 Å². The van der Waals surface area contributed by atoms with E-state index < -0.39 is 51.4 Å². The standard InChI is InChI=1S/C27H30F3N5O4S/c1-16-21(25(36)32-19-14-8-9-15-20(19)34-40(38,39)18-12-6-3-7-13-18)26(37)35-24(31-16)22(17-10-4-2-5-11-17)23(33-35)27(28,29)30/h2,4-5,8-11,14-15,18,22-24,31,33-34H,3,6-7,12-13H2,1H3,(H,32,36). The molecule has 2 fully saturated rings. The third-order valence-corrected chi connectivity index (χ3v) is 9.46. The first-order chi connectivity index (χ1) is 19.0. The number of halogens is 3. The summed E-state index contributed by atoms with van der Waals surface area (Å²) in [6, 6.07) is 12.2. The lowest BCUT2D eigenvalue weighted by molar-refractivity contribution is -0.161. The Bertz CT molecular complexity index is 1430. The van der Waals surface area contributed by atoms with Crippen molar-refractivity contribution in [2.75, 3.05) is 10.0 Å². The number of para-hydroxylation sites is 2. The molecule has 2 aliphatic heterocycles. The second kappa shape index (κ2) is 10.8. The van der Waals surface area contributed by atoms with Crippen LogP contribution in [0.2, 0.25) is 0 Å². The summed E-state index contributed by atoms with van der Waals surface area (Å²) in [5.74, 6) is -2.97. The van der Waals surface area contributed by atoms with Crippen LogP contribution in [0.4, 0.5) is 24.5 Å². The van der Waals surface area contributed by atoms with E-state index in [1.54, 1.807) is 42.5 Å². The van der Waals surface area contributed by atoms with Crippen LogP contribution < -0.4 is 20.8 Å². The lowest BCUT2D eigenvalue weighted by atomic mass is 9.89. The number of alkyl halides is 3. The second-order valence-electron chi connectivity index (χ2n) is 10.3. The number of nitrogens with one attached hydrogen (secondary N) is 4. The Hall–Kier alpha value is -3.58. The Kier molecular flexibility index (Phi) is 7.53. The average molecular weight is 578 g/mol. The number of sulfonamides is 1. The maximum atomic E-state index is 14.0. The monoisotopic (exact) mass is 577 g/mol. The van der Waals surface area contributed by atoms with E-state index in [4.69, 9.17) is 0 Å². The van der Waals surface area contributed by atoms with Crippen molar-refractivity contribution in [1.82, 2.24) is 15.8 Å². The SMILES string of the molecule is CC1=C(C(=O)Nc2ccccc2NS(=O)(=O)C2CCCCC2)C(=O)N2NC(C(F)(F)F)C(c3ccccc3)C2N1. The molecule has 214 valence electrons. The van der Waals surface area contributed by atoms with Crippen LogP contribution in [0.5, 0.6) is 0 Å². The van der Waals surface area contributed by atoms with Gasteiger partial charge in [-0.15, -0.1) is 0 Å². The molecule has 2 heterocycles. The van der Waals surface area contributed by atoms with E-state index in [0.717, 1.165) is 24.3 Å². The first-order valence-electron chi connectivity index (χ1n) is 13.1. The highest BCUT2D eigenvalue weighted by Gasteiger charge is 2.58. The lowest BCUT2D eigenvalue weighted by Crippen LogP contribution is -2.56. The van der Waals surface area contributed by atoms with E-state index in [1.165, 1.54) is 19.1 Å². The topological polar surface area (TPSA) is 120 Å². The highest BCUT2D eigenvalue weighted by molar-refractivity contribution is 7.93. The van der Waals surface area contributed by atoms with Crippen LogP contribution in [-0.4, -0.2) is 48.9 Å². The van der Waals surface area contributed by atoms with Crippen molar-refractivity contribution < 1.29 is 31.2 Å². The van der Waals surface area contributed by atoms with E-state index >= 15 is 0 Å². The van der Waals surface area contributed by atoms with Gasteiger partial charge in [0.2, 0.25) is 10.0 Å². The molecule has 3 aliphatic rings. The zero-order valence-corrected chi connectivity index (χ0v) is 22.5. The number of amides is 2. The van der Waals surface area contributed by atoms with Crippen LogP contribution in [0.3, 0.4) is 0 Å². The summed E-state index contributed by atoms with van der Waals surface area (Å²) < 4.78 is 70.6. The fourth-order valence-electron chi connectivity index (χ4n) is 5.64. The van der Waals surface area contributed by atoms with Gasteiger partial charge in [0.1, 0.15) is 17.8 Å². The molecular weight excluding hydrogens is 547 g/mol. The van der Waals surface area contributed by atoms with Gasteiger partial charge in [-0.3, -0.25) is 14.3 Å². The molecule has 1 saturated carbocycles. The fraction of sp³-hybridized carbons (Fsp3) is 0.407. The molecule has 13 heteroatoms. The average Bonchev–Trinajstić information content (AvgIpc) is 3.31. The molecule has 40 heavy (non-hydrogen) atoms. The zero-order valence-electron chi connectivity index (χ0n) is 21.7. The number of hydrogen-bond donors (Lipinski definition) is 4. The maximum Gasteiger partial charge on any atom is 0.406 e. The number of nitrogens with zero attached hydrogens (tertiary/aromatic N) is 1. The van der Waals surface area contributed by atoms with Gasteiger partial charge in [-0.05, 0) is 37.5 Å². The normalized spacial score (nSPS) is 23.9. The van der Waals surface area contributed by atoms with Crippen molar-refractivity contribution >= 4 is 33.2 Å². The summed E-state index contributed by atoms with van der Waals surface area (Å²) in [4.78, 5) is 26.8. The summed E-state index contributed by atoms with van der Waals surface area (Å²) in [6.07, 6.45) is -2.06. The molecule has 0 radical (unpaired) electrons. The molecule has 2 aromatic rings. The molecule has 0 bridgehead atoms. The Morgan fingerprint density at radius 1 is 0.975 bits per heavy atom. The molecule has 1 saturated heterocycles. The van der Waals surface area contributed by atoms with Crippen LogP contribution in [0.15, 0.2) is 65.9 Å². The number of hydrogen-bond acceptors (Lipinski definition) is 6. The Balaban J connectivity index is 1.39. The van der Waals surface area contributed by atoms with Crippen molar-refractivity contribution in [3.05, 3.63) is 71.4 Å². The molecule has 4 N–H and O–H groups in total. The Morgan fingerprint density at radius 2 is 1.60 bits per heavy atom. The number of carbonyl (C=O) groups is 2. The predicted molar refractivity (Wildman–Crippen MR) is 143 cm³/mol. The van der Waals surface area contributed by atoms with Crippen molar-refractivity contribution in [3.63, 3.8) is 0 Å². The number of carbonyl (C=O) groups excluding carboxylic acids is 2. The van der Waals surface area contributed by atoms with E-state index in [-0.39, 0.29) is 22.6 Å². The molecule has 2 aromatic carbocycles. The molecule has 1 aliphatic carbocycles. The third-order valence-electron chi connectivity index (χ3n) is 7.61. The largest absolute Gasteiger partial charge is 0.406 e. The van der Waals surface area contributed by atoms with Crippen LogP contribution in [0, 0.1) is 0 Å². The quantitative estimate of drug-likeness (QED) is 0.386. The molecule has 3 atom stereocenters. The van der Waals surface area contributed by atoms with Crippen LogP contribution >= 0.6 is 0 Å². The zero-order chi connectivity index (χ0) is 28.7. The highest BCUT2D eigenvalue weighted by atomic mass is 32.2. The minimum atomic E-state index is -4.68. The fourth-order valence-corrected chi connectivity index (χ4v) is 7.24. The van der Waals surface area contributed by atoms with Crippen molar-refractivity contribution in [3.8, 4) is 0 Å². The number of anilines is 2. The molecule has 0 spiro atoms. The smallest absolute Gasteiger partial charge is 0.366 e. The summed E-state index contributed by atoms with van der Waals surface area (Å²) in [5.41, 5.74) is 2.62. The Morgan fingerprint density at radius 3 is 2.25 bits per heavy atom.